The van der Waals surface area contributed by atoms with Crippen molar-refractivity contribution in [2.24, 2.45) is 0 Å². The minimum atomic E-state index is -0.303. The number of nitrogens with zero attached hydrogens (tertiary/aromatic N) is 8. The molecule has 6 rings (SSSR count). The summed E-state index contributed by atoms with van der Waals surface area (Å²) in [6, 6.07) is 22.9. The van der Waals surface area contributed by atoms with Gasteiger partial charge in [-0.25, -0.2) is 29.9 Å². The van der Waals surface area contributed by atoms with Gasteiger partial charge < -0.3 is 4.57 Å². The maximum atomic E-state index is 9.99. The lowest BCUT2D eigenvalue weighted by Gasteiger charge is -2.23. The van der Waals surface area contributed by atoms with Crippen LogP contribution in [0.15, 0.2) is 60.7 Å². The first-order valence-electron chi connectivity index (χ1n) is 16.9. The van der Waals surface area contributed by atoms with Gasteiger partial charge in [-0.05, 0) is 42.5 Å². The normalized spacial score (nSPS) is 12.9. The molecule has 0 unspecified atom stereocenters. The van der Waals surface area contributed by atoms with E-state index < -0.39 is 0 Å². The Kier molecular flexibility index (Phi) is 7.98. The van der Waals surface area contributed by atoms with E-state index in [1.807, 2.05) is 18.2 Å². The molecule has 0 radical (unpaired) electrons. The molecule has 0 aliphatic rings. The van der Waals surface area contributed by atoms with E-state index >= 15 is 0 Å². The standard InChI is InChI=1S/C41H46N8/c1-38(2,3)34-43-32(44-35(47-34)39(4,5)6)25-18-20-30-27(22-25)26-15-13-14-16-29(26)49(30)31-19-17-24(23-42)21-28(31)33-45-36(40(7,8)9)48-37(46-33)41(10,11)12/h13-22H,1-12H3. The molecule has 0 saturated carbocycles. The third-order valence-electron chi connectivity index (χ3n) is 8.49. The summed E-state index contributed by atoms with van der Waals surface area (Å²) in [5.41, 5.74) is 4.08. The van der Waals surface area contributed by atoms with Crippen LogP contribution in [0.25, 0.3) is 50.3 Å². The van der Waals surface area contributed by atoms with Crippen LogP contribution in [0.1, 0.15) is 112 Å². The highest BCUT2D eigenvalue weighted by Crippen LogP contribution is 2.38. The van der Waals surface area contributed by atoms with E-state index in [2.05, 4.69) is 136 Å². The molecule has 49 heavy (non-hydrogen) atoms. The van der Waals surface area contributed by atoms with Crippen molar-refractivity contribution in [1.29, 1.82) is 5.26 Å². The molecule has 0 saturated heterocycles. The number of para-hydroxylation sites is 1. The number of nitriles is 1. The molecule has 3 aromatic heterocycles. The fourth-order valence-electron chi connectivity index (χ4n) is 5.69. The monoisotopic (exact) mass is 650 g/mol. The van der Waals surface area contributed by atoms with Gasteiger partial charge in [-0.15, -0.1) is 0 Å². The topological polar surface area (TPSA) is 106 Å². The average Bonchev–Trinajstić information content (AvgIpc) is 3.36. The predicted molar refractivity (Wildman–Crippen MR) is 198 cm³/mol. The largest absolute Gasteiger partial charge is 0.308 e. The summed E-state index contributed by atoms with van der Waals surface area (Å²) in [7, 11) is 0. The van der Waals surface area contributed by atoms with Crippen molar-refractivity contribution in [2.75, 3.05) is 0 Å². The maximum absolute atomic E-state index is 9.99. The van der Waals surface area contributed by atoms with Crippen LogP contribution in [0.5, 0.6) is 0 Å². The molecule has 0 spiro atoms. The van der Waals surface area contributed by atoms with Crippen LogP contribution >= 0.6 is 0 Å². The number of aromatic nitrogens is 7. The Morgan fingerprint density at radius 3 is 1.51 bits per heavy atom. The van der Waals surface area contributed by atoms with Crippen LogP contribution in [-0.2, 0) is 21.7 Å². The minimum Gasteiger partial charge on any atom is -0.308 e. The summed E-state index contributed by atoms with van der Waals surface area (Å²) < 4.78 is 2.25. The summed E-state index contributed by atoms with van der Waals surface area (Å²) in [6.07, 6.45) is 0. The van der Waals surface area contributed by atoms with Gasteiger partial charge in [-0.1, -0.05) is 101 Å². The molecule has 6 aromatic rings. The highest BCUT2D eigenvalue weighted by molar-refractivity contribution is 6.10. The van der Waals surface area contributed by atoms with Crippen molar-refractivity contribution in [1.82, 2.24) is 34.5 Å². The molecule has 250 valence electrons. The van der Waals surface area contributed by atoms with Crippen LogP contribution < -0.4 is 0 Å². The fraction of sp³-hybridized carbons (Fsp3) is 0.390. The lowest BCUT2D eigenvalue weighted by Crippen LogP contribution is -2.24. The van der Waals surface area contributed by atoms with E-state index in [1.54, 1.807) is 0 Å². The molecule has 0 bridgehead atoms. The molecular formula is C41H46N8. The first kappa shape index (κ1) is 33.9. The Labute approximate surface area is 289 Å². The first-order chi connectivity index (χ1) is 22.8. The zero-order valence-electron chi connectivity index (χ0n) is 30.9. The fourth-order valence-corrected chi connectivity index (χ4v) is 5.69. The number of hydrogen-bond acceptors (Lipinski definition) is 7. The van der Waals surface area contributed by atoms with Gasteiger partial charge in [-0.2, -0.15) is 5.26 Å². The van der Waals surface area contributed by atoms with Crippen molar-refractivity contribution in [3.8, 4) is 34.5 Å². The van der Waals surface area contributed by atoms with Gasteiger partial charge in [0.15, 0.2) is 11.6 Å². The Morgan fingerprint density at radius 2 is 1.00 bits per heavy atom. The van der Waals surface area contributed by atoms with Crippen molar-refractivity contribution in [2.45, 2.75) is 105 Å². The molecule has 0 fully saturated rings. The summed E-state index contributed by atoms with van der Waals surface area (Å²) in [5, 5.41) is 12.2. The van der Waals surface area contributed by atoms with Gasteiger partial charge in [-0.3, -0.25) is 0 Å². The summed E-state index contributed by atoms with van der Waals surface area (Å²) >= 11 is 0. The van der Waals surface area contributed by atoms with Gasteiger partial charge in [0, 0.05) is 43.6 Å². The van der Waals surface area contributed by atoms with Gasteiger partial charge in [0.05, 0.1) is 28.4 Å². The molecule has 0 N–H and O–H groups in total. The predicted octanol–water partition coefficient (Wildman–Crippen LogP) is 9.55. The average molecular weight is 651 g/mol. The molecule has 0 atom stereocenters. The van der Waals surface area contributed by atoms with Gasteiger partial charge in [0.2, 0.25) is 0 Å². The number of hydrogen-bond donors (Lipinski definition) is 0. The summed E-state index contributed by atoms with van der Waals surface area (Å²) in [4.78, 5) is 29.8. The second-order valence-electron chi connectivity index (χ2n) is 17.0. The van der Waals surface area contributed by atoms with E-state index in [-0.39, 0.29) is 21.7 Å². The van der Waals surface area contributed by atoms with Gasteiger partial charge in [0.25, 0.3) is 0 Å². The summed E-state index contributed by atoms with van der Waals surface area (Å²) in [5.74, 6) is 4.18. The lowest BCUT2D eigenvalue weighted by molar-refractivity contribution is 0.497. The number of rotatable bonds is 3. The number of benzene rings is 3. The van der Waals surface area contributed by atoms with Crippen molar-refractivity contribution >= 4 is 21.8 Å². The second kappa shape index (κ2) is 11.5. The van der Waals surface area contributed by atoms with E-state index in [9.17, 15) is 5.26 Å². The van der Waals surface area contributed by atoms with Crippen LogP contribution in [-0.4, -0.2) is 34.5 Å². The Balaban J connectivity index is 1.65. The molecule has 0 aliphatic carbocycles. The third-order valence-corrected chi connectivity index (χ3v) is 8.49. The van der Waals surface area contributed by atoms with E-state index in [0.717, 1.165) is 50.3 Å². The molecule has 3 heterocycles. The molecular weight excluding hydrogens is 605 g/mol. The van der Waals surface area contributed by atoms with Gasteiger partial charge >= 0.3 is 0 Å². The second-order valence-corrected chi connectivity index (χ2v) is 17.0. The first-order valence-corrected chi connectivity index (χ1v) is 16.9. The molecule has 0 aliphatic heterocycles. The van der Waals surface area contributed by atoms with Crippen LogP contribution in [0.3, 0.4) is 0 Å². The van der Waals surface area contributed by atoms with E-state index in [0.29, 0.717) is 28.9 Å². The van der Waals surface area contributed by atoms with E-state index in [4.69, 9.17) is 29.9 Å². The van der Waals surface area contributed by atoms with E-state index in [1.165, 1.54) is 0 Å². The highest BCUT2D eigenvalue weighted by atomic mass is 15.1. The van der Waals surface area contributed by atoms with Crippen molar-refractivity contribution < 1.29 is 0 Å². The molecule has 0 amide bonds. The van der Waals surface area contributed by atoms with Crippen molar-refractivity contribution in [3.05, 3.63) is 89.5 Å². The summed E-state index contributed by atoms with van der Waals surface area (Å²) in [6.45, 7) is 25.4. The van der Waals surface area contributed by atoms with Crippen LogP contribution in [0.2, 0.25) is 0 Å². The van der Waals surface area contributed by atoms with Gasteiger partial charge in [0.1, 0.15) is 23.3 Å². The maximum Gasteiger partial charge on any atom is 0.165 e. The molecule has 3 aromatic carbocycles. The molecule has 8 nitrogen and oxygen atoms in total. The minimum absolute atomic E-state index is 0.238. The smallest absolute Gasteiger partial charge is 0.165 e. The zero-order valence-corrected chi connectivity index (χ0v) is 30.9. The SMILES string of the molecule is CC(C)(C)c1nc(-c2ccc3c(c2)c2ccccc2n3-c2ccc(C#N)cc2-c2nc(C(C)(C)C)nc(C(C)(C)C)n2)nc(C(C)(C)C)n1. The van der Waals surface area contributed by atoms with Crippen LogP contribution in [0.4, 0.5) is 0 Å². The quantitative estimate of drug-likeness (QED) is 0.188. The molecule has 8 heteroatoms. The number of fused-ring (bicyclic) bond motifs is 3. The Bertz CT molecular complexity index is 2210. The highest BCUT2D eigenvalue weighted by Gasteiger charge is 2.28. The Hall–Kier alpha value is -5.03. The Morgan fingerprint density at radius 1 is 0.510 bits per heavy atom. The third kappa shape index (κ3) is 6.42. The zero-order chi connectivity index (χ0) is 35.7. The van der Waals surface area contributed by atoms with Crippen LogP contribution in [0, 0.1) is 11.3 Å². The van der Waals surface area contributed by atoms with Crippen molar-refractivity contribution in [3.63, 3.8) is 0 Å². The lowest BCUT2D eigenvalue weighted by atomic mass is 9.92.